The van der Waals surface area contributed by atoms with Crippen LogP contribution in [0.15, 0.2) is 6.33 Å². The van der Waals surface area contributed by atoms with Crippen LogP contribution in [0.3, 0.4) is 0 Å². The molecule has 23 heavy (non-hydrogen) atoms. The molecule has 0 unspecified atom stereocenters. The fourth-order valence-electron chi connectivity index (χ4n) is 2.36. The molecule has 122 valence electrons. The second kappa shape index (κ2) is 7.05. The molecule has 1 aliphatic heterocycles. The third-order valence-electron chi connectivity index (χ3n) is 3.63. The van der Waals surface area contributed by atoms with Crippen LogP contribution in [0.2, 0.25) is 5.15 Å². The first-order chi connectivity index (χ1) is 11.1. The Labute approximate surface area is 143 Å². The first-order valence-electron chi connectivity index (χ1n) is 7.48. The minimum Gasteiger partial charge on any atom is -0.389 e. The number of aliphatic hydroxyl groups is 2. The molecule has 0 saturated carbocycles. The largest absolute Gasteiger partial charge is 0.389 e. The molecule has 0 radical (unpaired) electrons. The Morgan fingerprint density at radius 3 is 2.96 bits per heavy atom. The van der Waals surface area contributed by atoms with Gasteiger partial charge in [0.15, 0.2) is 10.8 Å². The van der Waals surface area contributed by atoms with Crippen molar-refractivity contribution in [2.45, 2.75) is 43.8 Å². The molecule has 0 aromatic carbocycles. The quantitative estimate of drug-likeness (QED) is 0.499. The highest BCUT2D eigenvalue weighted by Crippen LogP contribution is 2.38. The number of fused-ring (bicyclic) bond motifs is 1. The molecule has 6 nitrogen and oxygen atoms in total. The van der Waals surface area contributed by atoms with Crippen molar-refractivity contribution in [3.05, 3.63) is 17.3 Å². The zero-order valence-electron chi connectivity index (χ0n) is 12.6. The molecule has 3 atom stereocenters. The van der Waals surface area contributed by atoms with Gasteiger partial charge in [0, 0.05) is 12.2 Å². The van der Waals surface area contributed by atoms with Crippen LogP contribution < -0.4 is 0 Å². The fraction of sp³-hybridized carbons (Fsp3) is 0.533. The highest BCUT2D eigenvalue weighted by molar-refractivity contribution is 7.99. The van der Waals surface area contributed by atoms with Crippen molar-refractivity contribution in [1.82, 2.24) is 19.5 Å². The topological polar surface area (TPSA) is 84.1 Å². The van der Waals surface area contributed by atoms with Gasteiger partial charge in [-0.1, -0.05) is 30.9 Å². The molecule has 3 heterocycles. The van der Waals surface area contributed by atoms with E-state index in [-0.39, 0.29) is 10.5 Å². The Morgan fingerprint density at radius 2 is 2.26 bits per heavy atom. The molecule has 2 N–H and O–H groups in total. The molecule has 8 heteroatoms. The van der Waals surface area contributed by atoms with Crippen LogP contribution >= 0.6 is 23.4 Å². The summed E-state index contributed by atoms with van der Waals surface area (Å²) >= 11 is 7.62. The molecular formula is C15H17ClN4O2S. The number of aliphatic hydroxyl groups excluding tert-OH is 2. The summed E-state index contributed by atoms with van der Waals surface area (Å²) in [5.74, 6) is 6.77. The van der Waals surface area contributed by atoms with Crippen molar-refractivity contribution in [3.63, 3.8) is 0 Å². The van der Waals surface area contributed by atoms with Crippen molar-refractivity contribution in [2.75, 3.05) is 5.75 Å². The number of rotatable bonds is 3. The van der Waals surface area contributed by atoms with E-state index < -0.39 is 12.2 Å². The van der Waals surface area contributed by atoms with E-state index in [1.54, 1.807) is 10.9 Å². The van der Waals surface area contributed by atoms with E-state index in [4.69, 9.17) is 11.6 Å². The highest BCUT2D eigenvalue weighted by atomic mass is 35.5. The summed E-state index contributed by atoms with van der Waals surface area (Å²) in [6.07, 6.45) is 2.85. The van der Waals surface area contributed by atoms with Crippen molar-refractivity contribution >= 4 is 34.5 Å². The molecular weight excluding hydrogens is 336 g/mol. The zero-order valence-corrected chi connectivity index (χ0v) is 14.2. The zero-order chi connectivity index (χ0) is 16.4. The second-order valence-electron chi connectivity index (χ2n) is 5.35. The van der Waals surface area contributed by atoms with E-state index in [2.05, 4.69) is 33.7 Å². The van der Waals surface area contributed by atoms with Gasteiger partial charge in [0.1, 0.15) is 17.0 Å². The summed E-state index contributed by atoms with van der Waals surface area (Å²) in [4.78, 5) is 12.8. The summed E-state index contributed by atoms with van der Waals surface area (Å²) < 4.78 is 1.73. The smallest absolute Gasteiger partial charge is 0.208 e. The van der Waals surface area contributed by atoms with Crippen LogP contribution in [0, 0.1) is 11.8 Å². The van der Waals surface area contributed by atoms with E-state index in [9.17, 15) is 10.2 Å². The van der Waals surface area contributed by atoms with Crippen LogP contribution in [0.25, 0.3) is 11.2 Å². The molecule has 0 amide bonds. The predicted molar refractivity (Wildman–Crippen MR) is 90.2 cm³/mol. The first-order valence-corrected chi connectivity index (χ1v) is 8.91. The average molecular weight is 353 g/mol. The molecule has 0 spiro atoms. The number of hydrogen-bond acceptors (Lipinski definition) is 6. The maximum absolute atomic E-state index is 10.1. The number of halogens is 1. The molecule has 2 aromatic rings. The predicted octanol–water partition coefficient (Wildman–Crippen LogP) is 1.99. The van der Waals surface area contributed by atoms with E-state index in [0.29, 0.717) is 22.7 Å². The van der Waals surface area contributed by atoms with Gasteiger partial charge in [0.2, 0.25) is 5.82 Å². The molecule has 1 saturated heterocycles. The first kappa shape index (κ1) is 16.5. The normalized spacial score (nSPS) is 23.9. The standard InChI is InChI=1S/C15H17ClN4O2S/c1-2-3-4-5-6-10-18-13(16)11-14(19-10)20(8-17-11)15-12(22)9(21)7-23-15/h8-9,12,15,21-22H,2-4,7H2,1H3/t9-,12-,15-/m1/s1. The van der Waals surface area contributed by atoms with E-state index in [1.807, 2.05) is 0 Å². The number of nitrogens with zero attached hydrogens (tertiary/aromatic N) is 4. The number of unbranched alkanes of at least 4 members (excludes halogenated alkanes) is 2. The van der Waals surface area contributed by atoms with Gasteiger partial charge in [0.25, 0.3) is 0 Å². The third-order valence-corrected chi connectivity index (χ3v) is 5.28. The van der Waals surface area contributed by atoms with Crippen molar-refractivity contribution in [1.29, 1.82) is 0 Å². The SMILES string of the molecule is CCCCC#Cc1nc(Cl)c2ncn([C@@H]3SC[C@@H](O)[C@H]3O)c2n1. The number of imidazole rings is 1. The molecule has 0 aliphatic carbocycles. The summed E-state index contributed by atoms with van der Waals surface area (Å²) in [5.41, 5.74) is 0.996. The van der Waals surface area contributed by atoms with Gasteiger partial charge in [-0.25, -0.2) is 15.0 Å². The Morgan fingerprint density at radius 1 is 1.43 bits per heavy atom. The summed E-state index contributed by atoms with van der Waals surface area (Å²) in [5, 5.41) is 19.7. The lowest BCUT2D eigenvalue weighted by molar-refractivity contribution is 0.0313. The molecule has 1 aliphatic rings. The monoisotopic (exact) mass is 352 g/mol. The lowest BCUT2D eigenvalue weighted by Gasteiger charge is -2.17. The van der Waals surface area contributed by atoms with Crippen molar-refractivity contribution in [3.8, 4) is 11.8 Å². The minimum atomic E-state index is -0.870. The summed E-state index contributed by atoms with van der Waals surface area (Å²) in [6.45, 7) is 2.11. The molecule has 2 aromatic heterocycles. The van der Waals surface area contributed by atoms with Gasteiger partial charge in [0.05, 0.1) is 12.4 Å². The summed E-state index contributed by atoms with van der Waals surface area (Å²) in [6, 6.07) is 0. The Bertz CT molecular complexity index is 770. The fourth-order valence-corrected chi connectivity index (χ4v) is 3.86. The van der Waals surface area contributed by atoms with Gasteiger partial charge in [-0.15, -0.1) is 11.8 Å². The summed E-state index contributed by atoms with van der Waals surface area (Å²) in [7, 11) is 0. The van der Waals surface area contributed by atoms with Crippen LogP contribution in [0.1, 0.15) is 37.4 Å². The Hall–Kier alpha value is -1.33. The third kappa shape index (κ3) is 3.31. The van der Waals surface area contributed by atoms with Crippen LogP contribution in [-0.4, -0.2) is 47.7 Å². The average Bonchev–Trinajstić information content (AvgIpc) is 3.09. The minimum absolute atomic E-state index is 0.242. The van der Waals surface area contributed by atoms with E-state index >= 15 is 0 Å². The molecule has 3 rings (SSSR count). The van der Waals surface area contributed by atoms with Crippen LogP contribution in [-0.2, 0) is 0 Å². The number of thioether (sulfide) groups is 1. The Balaban J connectivity index is 1.97. The lowest BCUT2D eigenvalue weighted by atomic mass is 10.2. The van der Waals surface area contributed by atoms with Crippen LogP contribution in [0.5, 0.6) is 0 Å². The van der Waals surface area contributed by atoms with Crippen molar-refractivity contribution in [2.24, 2.45) is 0 Å². The van der Waals surface area contributed by atoms with Crippen LogP contribution in [0.4, 0.5) is 0 Å². The van der Waals surface area contributed by atoms with Gasteiger partial charge < -0.3 is 10.2 Å². The second-order valence-corrected chi connectivity index (χ2v) is 6.86. The number of aromatic nitrogens is 4. The van der Waals surface area contributed by atoms with Gasteiger partial charge in [-0.05, 0) is 12.3 Å². The van der Waals surface area contributed by atoms with Gasteiger partial charge in [-0.3, -0.25) is 4.57 Å². The van der Waals surface area contributed by atoms with Gasteiger partial charge in [-0.2, -0.15) is 0 Å². The molecule has 0 bridgehead atoms. The maximum Gasteiger partial charge on any atom is 0.208 e. The Kier molecular flexibility index (Phi) is 5.07. The molecule has 1 fully saturated rings. The van der Waals surface area contributed by atoms with E-state index in [0.717, 1.165) is 19.3 Å². The highest BCUT2D eigenvalue weighted by Gasteiger charge is 2.36. The maximum atomic E-state index is 10.1. The lowest BCUT2D eigenvalue weighted by Crippen LogP contribution is -2.27. The number of hydrogen-bond donors (Lipinski definition) is 2. The van der Waals surface area contributed by atoms with Crippen molar-refractivity contribution < 1.29 is 10.2 Å². The van der Waals surface area contributed by atoms with Gasteiger partial charge >= 0.3 is 0 Å². The van der Waals surface area contributed by atoms with E-state index in [1.165, 1.54) is 11.8 Å².